The first-order valence-corrected chi connectivity index (χ1v) is 11.9. The van der Waals surface area contributed by atoms with E-state index in [1.807, 2.05) is 24.3 Å². The fraction of sp³-hybridized carbons (Fsp3) is 0.538. The van der Waals surface area contributed by atoms with Crippen molar-refractivity contribution in [3.05, 3.63) is 52.3 Å². The number of likely N-dealkylation sites (N-methyl/N-ethyl adjacent to an activating group) is 1. The van der Waals surface area contributed by atoms with Gasteiger partial charge in [0.1, 0.15) is 18.1 Å². The van der Waals surface area contributed by atoms with Crippen LogP contribution in [0.4, 0.5) is 0 Å². The van der Waals surface area contributed by atoms with Crippen molar-refractivity contribution in [3.63, 3.8) is 0 Å². The van der Waals surface area contributed by atoms with Crippen molar-refractivity contribution >= 4 is 11.9 Å². The Kier molecular flexibility index (Phi) is 9.12. The predicted molar refractivity (Wildman–Crippen MR) is 130 cm³/mol. The van der Waals surface area contributed by atoms with Crippen molar-refractivity contribution in [1.29, 1.82) is 0 Å². The van der Waals surface area contributed by atoms with Crippen molar-refractivity contribution in [2.24, 2.45) is 0 Å². The van der Waals surface area contributed by atoms with E-state index in [1.54, 1.807) is 27.7 Å². The number of hydrogen-bond acceptors (Lipinski definition) is 6. The highest BCUT2D eigenvalue weighted by molar-refractivity contribution is 6.00. The number of aromatic nitrogens is 1. The van der Waals surface area contributed by atoms with E-state index in [1.165, 1.54) is 0 Å². The van der Waals surface area contributed by atoms with Crippen molar-refractivity contribution in [1.82, 2.24) is 15.2 Å². The van der Waals surface area contributed by atoms with Crippen LogP contribution in [-0.2, 0) is 16.0 Å². The molecule has 2 aromatic rings. The molecule has 3 rings (SSSR count). The molecule has 0 saturated carbocycles. The van der Waals surface area contributed by atoms with E-state index in [-0.39, 0.29) is 12.0 Å². The van der Waals surface area contributed by atoms with Gasteiger partial charge in [-0.1, -0.05) is 12.1 Å². The first-order chi connectivity index (χ1) is 16.3. The lowest BCUT2D eigenvalue weighted by atomic mass is 10.1. The number of aromatic amines is 1. The number of rotatable bonds is 10. The number of H-pyrrole nitrogens is 1. The molecule has 1 aliphatic heterocycles. The fourth-order valence-electron chi connectivity index (χ4n) is 4.19. The van der Waals surface area contributed by atoms with Crippen LogP contribution in [0.3, 0.4) is 0 Å². The summed E-state index contributed by atoms with van der Waals surface area (Å²) in [6, 6.07) is 8.27. The first-order valence-electron chi connectivity index (χ1n) is 11.9. The average Bonchev–Trinajstić information content (AvgIpc) is 3.11. The van der Waals surface area contributed by atoms with Crippen LogP contribution in [0.25, 0.3) is 0 Å². The summed E-state index contributed by atoms with van der Waals surface area (Å²) in [4.78, 5) is 30.5. The van der Waals surface area contributed by atoms with Gasteiger partial charge in [0, 0.05) is 38.0 Å². The third-order valence-corrected chi connectivity index (χ3v) is 6.09. The Labute approximate surface area is 202 Å². The van der Waals surface area contributed by atoms with Gasteiger partial charge in [-0.05, 0) is 70.8 Å². The van der Waals surface area contributed by atoms with Gasteiger partial charge >= 0.3 is 5.97 Å². The number of ether oxygens (including phenoxy) is 3. The maximum absolute atomic E-state index is 12.8. The number of nitrogens with zero attached hydrogens (tertiary/aromatic N) is 1. The van der Waals surface area contributed by atoms with Gasteiger partial charge in [-0.15, -0.1) is 0 Å². The smallest absolute Gasteiger partial charge is 0.340 e. The molecule has 2 N–H and O–H groups in total. The van der Waals surface area contributed by atoms with Crippen LogP contribution in [0.2, 0.25) is 0 Å². The standard InChI is InChI=1S/C26H37N3O5/c1-17(2)34-26(31)23-18(3)24(28-19(23)4)25(30)27-16-20-7-6-8-22(15-20)33-14-11-29(5)21-9-12-32-13-10-21/h6-8,15,17,21,28H,9-14,16H2,1-5H3,(H,27,30). The van der Waals surface area contributed by atoms with Gasteiger partial charge in [0.2, 0.25) is 0 Å². The molecule has 186 valence electrons. The molecule has 1 fully saturated rings. The molecular weight excluding hydrogens is 434 g/mol. The topological polar surface area (TPSA) is 92.9 Å². The number of benzene rings is 1. The predicted octanol–water partition coefficient (Wildman–Crippen LogP) is 3.62. The average molecular weight is 472 g/mol. The Morgan fingerprint density at radius 1 is 1.24 bits per heavy atom. The maximum Gasteiger partial charge on any atom is 0.340 e. The first kappa shape index (κ1) is 25.8. The summed E-state index contributed by atoms with van der Waals surface area (Å²) in [5.74, 6) is 0.0824. The van der Waals surface area contributed by atoms with Gasteiger partial charge in [0.05, 0.1) is 11.7 Å². The minimum Gasteiger partial charge on any atom is -0.492 e. The molecule has 2 heterocycles. The number of hydrogen-bond donors (Lipinski definition) is 2. The Morgan fingerprint density at radius 3 is 2.68 bits per heavy atom. The van der Waals surface area contributed by atoms with Crippen LogP contribution in [0, 0.1) is 13.8 Å². The Balaban J connectivity index is 1.52. The van der Waals surface area contributed by atoms with E-state index in [2.05, 4.69) is 22.2 Å². The molecule has 34 heavy (non-hydrogen) atoms. The summed E-state index contributed by atoms with van der Waals surface area (Å²) in [5, 5.41) is 2.92. The molecular formula is C26H37N3O5. The van der Waals surface area contributed by atoms with Crippen LogP contribution in [0.5, 0.6) is 5.75 Å². The molecule has 1 amide bonds. The normalized spacial score (nSPS) is 14.4. The second kappa shape index (κ2) is 12.0. The van der Waals surface area contributed by atoms with Gasteiger partial charge in [0.25, 0.3) is 5.91 Å². The summed E-state index contributed by atoms with van der Waals surface area (Å²) in [6.45, 7) is 10.6. The summed E-state index contributed by atoms with van der Waals surface area (Å²) < 4.78 is 16.7. The van der Waals surface area contributed by atoms with Crippen molar-refractivity contribution in [2.75, 3.05) is 33.4 Å². The van der Waals surface area contributed by atoms with Crippen molar-refractivity contribution in [2.45, 2.75) is 59.2 Å². The number of carbonyl (C=O) groups excluding carboxylic acids is 2. The molecule has 0 atom stereocenters. The fourth-order valence-corrected chi connectivity index (χ4v) is 4.19. The van der Waals surface area contributed by atoms with Crippen molar-refractivity contribution < 1.29 is 23.8 Å². The Morgan fingerprint density at radius 2 is 1.97 bits per heavy atom. The molecule has 8 nitrogen and oxygen atoms in total. The lowest BCUT2D eigenvalue weighted by Gasteiger charge is -2.31. The molecule has 1 aliphatic rings. The lowest BCUT2D eigenvalue weighted by molar-refractivity contribution is 0.0376. The number of carbonyl (C=O) groups is 2. The van der Waals surface area contributed by atoms with Gasteiger partial charge in [-0.2, -0.15) is 0 Å². The van der Waals surface area contributed by atoms with Crippen molar-refractivity contribution in [3.8, 4) is 5.75 Å². The van der Waals surface area contributed by atoms with E-state index >= 15 is 0 Å². The molecule has 1 aromatic carbocycles. The SMILES string of the molecule is Cc1[nH]c(C(=O)NCc2cccc(OCCN(C)C3CCOCC3)c2)c(C)c1C(=O)OC(C)C. The molecule has 8 heteroatoms. The Hall–Kier alpha value is -2.84. The second-order valence-electron chi connectivity index (χ2n) is 9.08. The third kappa shape index (κ3) is 6.84. The lowest BCUT2D eigenvalue weighted by Crippen LogP contribution is -2.38. The molecule has 0 spiro atoms. The number of aryl methyl sites for hydroxylation is 1. The van der Waals surface area contributed by atoms with Gasteiger partial charge in [0.15, 0.2) is 0 Å². The van der Waals surface area contributed by atoms with E-state index in [9.17, 15) is 9.59 Å². The quantitative estimate of drug-likeness (QED) is 0.514. The highest BCUT2D eigenvalue weighted by Gasteiger charge is 2.23. The molecule has 0 radical (unpaired) electrons. The molecule has 0 bridgehead atoms. The summed E-state index contributed by atoms with van der Waals surface area (Å²) in [6.07, 6.45) is 1.90. The maximum atomic E-state index is 12.8. The van der Waals surface area contributed by atoms with E-state index in [0.29, 0.717) is 41.7 Å². The zero-order chi connectivity index (χ0) is 24.7. The van der Waals surface area contributed by atoms with Crippen LogP contribution >= 0.6 is 0 Å². The van der Waals surface area contributed by atoms with Gasteiger partial charge in [-0.25, -0.2) is 4.79 Å². The van der Waals surface area contributed by atoms with Crippen LogP contribution in [0.15, 0.2) is 24.3 Å². The summed E-state index contributed by atoms with van der Waals surface area (Å²) in [5.41, 5.74) is 2.93. The molecule has 1 aromatic heterocycles. The van der Waals surface area contributed by atoms with Crippen LogP contribution in [0.1, 0.15) is 64.4 Å². The monoisotopic (exact) mass is 471 g/mol. The highest BCUT2D eigenvalue weighted by Crippen LogP contribution is 2.20. The van der Waals surface area contributed by atoms with Crippen LogP contribution in [-0.4, -0.2) is 67.3 Å². The van der Waals surface area contributed by atoms with E-state index in [4.69, 9.17) is 14.2 Å². The second-order valence-corrected chi connectivity index (χ2v) is 9.08. The Bertz CT molecular complexity index is 979. The zero-order valence-electron chi connectivity index (χ0n) is 20.9. The largest absolute Gasteiger partial charge is 0.492 e. The molecule has 0 unspecified atom stereocenters. The zero-order valence-corrected chi connectivity index (χ0v) is 20.9. The van der Waals surface area contributed by atoms with Gasteiger partial charge in [-0.3, -0.25) is 9.69 Å². The highest BCUT2D eigenvalue weighted by atomic mass is 16.5. The third-order valence-electron chi connectivity index (χ3n) is 6.09. The van der Waals surface area contributed by atoms with E-state index in [0.717, 1.165) is 43.9 Å². The summed E-state index contributed by atoms with van der Waals surface area (Å²) in [7, 11) is 2.13. The minimum atomic E-state index is -0.424. The van der Waals surface area contributed by atoms with Crippen LogP contribution < -0.4 is 10.1 Å². The number of nitrogens with one attached hydrogen (secondary N) is 2. The summed E-state index contributed by atoms with van der Waals surface area (Å²) >= 11 is 0. The number of esters is 1. The van der Waals surface area contributed by atoms with E-state index < -0.39 is 5.97 Å². The molecule has 1 saturated heterocycles. The number of amides is 1. The molecule has 0 aliphatic carbocycles. The van der Waals surface area contributed by atoms with Gasteiger partial charge < -0.3 is 24.5 Å². The minimum absolute atomic E-state index is 0.227.